The summed E-state index contributed by atoms with van der Waals surface area (Å²) in [6.45, 7) is 13.3. The molecule has 2 fully saturated rings. The first-order valence-corrected chi connectivity index (χ1v) is 21.9. The number of methoxy groups -OCH3 is 3. The molecule has 0 radical (unpaired) electrons. The van der Waals surface area contributed by atoms with E-state index in [-0.39, 0.29) is 46.9 Å². The van der Waals surface area contributed by atoms with Crippen molar-refractivity contribution >= 4 is 29.8 Å². The standard InChI is InChI=1S/C49H65N3O11/c1-9-49(5,28-31(2)3)22-23-50-47(55)62-32(4)61-45(53)36-14-18-38(19-15-36)51-29-33-10-16-39(17-11-33)52-48(56)63-42-21-13-35(27-44(42)59-8)25-40-37(30-60-46(40)54)24-34-12-20-41(57-6)43(26-34)58-7/h10-13,16-17,20-21,26-27,32,36-38,40,51H,2,9,14-15,18-19,22-25,28-30H2,1,3-8H3,(H,50,55)(H,52,56)/t32?,36-,37-,38+,40+,49?/m0/s1. The van der Waals surface area contributed by atoms with Crippen molar-refractivity contribution in [2.45, 2.75) is 104 Å². The number of alkyl carbamates (subject to hydrolysis) is 1. The molecule has 2 aliphatic rings. The van der Waals surface area contributed by atoms with Gasteiger partial charge in [0.15, 0.2) is 23.0 Å². The Morgan fingerprint density at radius 1 is 0.825 bits per heavy atom. The molecular weight excluding hydrogens is 807 g/mol. The van der Waals surface area contributed by atoms with Gasteiger partial charge in [0.2, 0.25) is 6.29 Å². The lowest BCUT2D eigenvalue weighted by atomic mass is 9.79. The van der Waals surface area contributed by atoms with E-state index in [0.29, 0.717) is 68.3 Å². The van der Waals surface area contributed by atoms with Crippen LogP contribution in [0.3, 0.4) is 0 Å². The number of benzene rings is 3. The van der Waals surface area contributed by atoms with Crippen LogP contribution in [-0.4, -0.2) is 70.9 Å². The molecule has 3 aromatic rings. The molecule has 1 saturated heterocycles. The molecule has 1 aliphatic carbocycles. The maximum absolute atomic E-state index is 12.9. The topological polar surface area (TPSA) is 169 Å². The Morgan fingerprint density at radius 2 is 1.44 bits per heavy atom. The van der Waals surface area contributed by atoms with E-state index in [9.17, 15) is 19.2 Å². The van der Waals surface area contributed by atoms with Crippen LogP contribution in [0.2, 0.25) is 0 Å². The van der Waals surface area contributed by atoms with Crippen LogP contribution in [0.5, 0.6) is 23.0 Å². The summed E-state index contributed by atoms with van der Waals surface area (Å²) in [4.78, 5) is 50.9. The molecule has 1 aliphatic heterocycles. The summed E-state index contributed by atoms with van der Waals surface area (Å²) in [6, 6.07) is 18.7. The molecule has 14 nitrogen and oxygen atoms in total. The Kier molecular flexibility index (Phi) is 17.7. The van der Waals surface area contributed by atoms with Gasteiger partial charge in [0.1, 0.15) is 0 Å². The van der Waals surface area contributed by atoms with E-state index < -0.39 is 18.5 Å². The third-order valence-corrected chi connectivity index (χ3v) is 12.1. The van der Waals surface area contributed by atoms with Gasteiger partial charge in [-0.1, -0.05) is 50.1 Å². The first-order valence-electron chi connectivity index (χ1n) is 21.9. The Balaban J connectivity index is 1.01. The average Bonchev–Trinajstić information content (AvgIpc) is 3.60. The van der Waals surface area contributed by atoms with Gasteiger partial charge in [-0.3, -0.25) is 14.9 Å². The molecule has 1 heterocycles. The van der Waals surface area contributed by atoms with Crippen LogP contribution in [0.1, 0.15) is 89.3 Å². The van der Waals surface area contributed by atoms with Gasteiger partial charge in [-0.25, -0.2) is 9.59 Å². The van der Waals surface area contributed by atoms with Crippen LogP contribution in [0.15, 0.2) is 72.8 Å². The molecule has 63 heavy (non-hydrogen) atoms. The number of esters is 2. The van der Waals surface area contributed by atoms with Gasteiger partial charge in [0.25, 0.3) is 0 Å². The van der Waals surface area contributed by atoms with Gasteiger partial charge in [-0.15, -0.1) is 6.58 Å². The summed E-state index contributed by atoms with van der Waals surface area (Å²) in [5, 5.41) is 9.11. The van der Waals surface area contributed by atoms with E-state index in [1.807, 2.05) is 43.3 Å². The lowest BCUT2D eigenvalue weighted by Gasteiger charge is -2.29. The van der Waals surface area contributed by atoms with Crippen LogP contribution in [0, 0.1) is 23.2 Å². The number of cyclic esters (lactones) is 1. The van der Waals surface area contributed by atoms with E-state index in [1.165, 1.54) is 7.11 Å². The van der Waals surface area contributed by atoms with Crippen molar-refractivity contribution in [3.63, 3.8) is 0 Å². The summed E-state index contributed by atoms with van der Waals surface area (Å²) in [7, 11) is 4.68. The fourth-order valence-electron chi connectivity index (χ4n) is 8.35. The van der Waals surface area contributed by atoms with E-state index in [1.54, 1.807) is 45.4 Å². The Labute approximate surface area is 371 Å². The highest BCUT2D eigenvalue weighted by atomic mass is 16.7. The summed E-state index contributed by atoms with van der Waals surface area (Å²) >= 11 is 0. The SMILES string of the molecule is C=C(C)CC(C)(CC)CCNC(=O)OC(C)OC(=O)[C@H]1CC[C@@H](NCc2ccc(NC(=O)Oc3ccc(C[C@H]4C(=O)OC[C@@H]4Cc4ccc(OC)c(OC)c4)cc3OC)cc2)CC1. The fraction of sp³-hybridized carbons (Fsp3) is 0.510. The minimum atomic E-state index is -0.982. The second kappa shape index (κ2) is 23.1. The first-order chi connectivity index (χ1) is 30.2. The van der Waals surface area contributed by atoms with Crippen molar-refractivity contribution in [1.82, 2.24) is 10.6 Å². The highest BCUT2D eigenvalue weighted by Gasteiger charge is 2.37. The van der Waals surface area contributed by atoms with E-state index in [4.69, 9.17) is 33.2 Å². The molecule has 0 bridgehead atoms. The van der Waals surface area contributed by atoms with Crippen molar-refractivity contribution in [2.24, 2.45) is 23.2 Å². The average molecular weight is 872 g/mol. The summed E-state index contributed by atoms with van der Waals surface area (Å²) in [5.74, 6) is 0.633. The number of hydrogen-bond donors (Lipinski definition) is 3. The van der Waals surface area contributed by atoms with Crippen molar-refractivity contribution in [2.75, 3.05) is 39.8 Å². The number of amides is 2. The molecule has 1 saturated carbocycles. The van der Waals surface area contributed by atoms with Gasteiger partial charge in [-0.2, -0.15) is 0 Å². The molecule has 5 rings (SSSR count). The highest BCUT2D eigenvalue weighted by Crippen LogP contribution is 2.36. The van der Waals surface area contributed by atoms with E-state index >= 15 is 0 Å². The monoisotopic (exact) mass is 871 g/mol. The van der Waals surface area contributed by atoms with E-state index in [0.717, 1.165) is 54.4 Å². The van der Waals surface area contributed by atoms with Gasteiger partial charge in [0, 0.05) is 37.7 Å². The largest absolute Gasteiger partial charge is 0.493 e. The third kappa shape index (κ3) is 14.4. The highest BCUT2D eigenvalue weighted by molar-refractivity contribution is 5.86. The second-order valence-corrected chi connectivity index (χ2v) is 17.1. The third-order valence-electron chi connectivity index (χ3n) is 12.1. The van der Waals surface area contributed by atoms with Crippen LogP contribution in [-0.2, 0) is 43.2 Å². The lowest BCUT2D eigenvalue weighted by Crippen LogP contribution is -2.37. The summed E-state index contributed by atoms with van der Waals surface area (Å²) < 4.78 is 38.2. The minimum Gasteiger partial charge on any atom is -0.493 e. The van der Waals surface area contributed by atoms with Crippen molar-refractivity contribution in [1.29, 1.82) is 0 Å². The lowest BCUT2D eigenvalue weighted by molar-refractivity contribution is -0.171. The number of nitrogens with one attached hydrogen (secondary N) is 3. The fourth-order valence-corrected chi connectivity index (χ4v) is 8.35. The summed E-state index contributed by atoms with van der Waals surface area (Å²) in [5.41, 5.74) is 4.62. The van der Waals surface area contributed by atoms with Crippen molar-refractivity contribution in [3.05, 3.63) is 89.5 Å². The molecule has 14 heteroatoms. The predicted octanol–water partition coefficient (Wildman–Crippen LogP) is 8.93. The Hall–Kier alpha value is -5.76. The Morgan fingerprint density at radius 3 is 2.08 bits per heavy atom. The van der Waals surface area contributed by atoms with Crippen LogP contribution >= 0.6 is 0 Å². The van der Waals surface area contributed by atoms with Gasteiger partial charge in [0.05, 0.1) is 39.8 Å². The van der Waals surface area contributed by atoms with Crippen LogP contribution < -0.4 is 34.9 Å². The Bertz CT molecular complexity index is 2030. The number of hydrogen-bond acceptors (Lipinski definition) is 12. The maximum Gasteiger partial charge on any atom is 0.417 e. The van der Waals surface area contributed by atoms with Crippen molar-refractivity contribution < 1.29 is 52.3 Å². The number of allylic oxidation sites excluding steroid dienone is 1. The molecule has 4 atom stereocenters. The van der Waals surface area contributed by atoms with Gasteiger partial charge < -0.3 is 43.8 Å². The number of carbonyl (C=O) groups is 4. The molecule has 2 amide bonds. The van der Waals surface area contributed by atoms with Crippen molar-refractivity contribution in [3.8, 4) is 23.0 Å². The molecule has 0 spiro atoms. The molecule has 342 valence electrons. The molecule has 0 aromatic heterocycles. The number of anilines is 1. The maximum atomic E-state index is 12.9. The second-order valence-electron chi connectivity index (χ2n) is 17.1. The first kappa shape index (κ1) is 48.3. The quantitative estimate of drug-likeness (QED) is 0.0529. The zero-order chi connectivity index (χ0) is 45.5. The minimum absolute atomic E-state index is 0.0343. The molecule has 3 aromatic carbocycles. The number of ether oxygens (including phenoxy) is 7. The smallest absolute Gasteiger partial charge is 0.417 e. The van der Waals surface area contributed by atoms with Crippen LogP contribution in [0.4, 0.5) is 15.3 Å². The zero-order valence-corrected chi connectivity index (χ0v) is 37.8. The number of rotatable bonds is 21. The molecular formula is C49H65N3O11. The summed E-state index contributed by atoms with van der Waals surface area (Å²) in [6.07, 6.45) is 4.41. The van der Waals surface area contributed by atoms with E-state index in [2.05, 4.69) is 36.4 Å². The molecule has 3 N–H and O–H groups in total. The number of carbonyl (C=O) groups excluding carboxylic acids is 4. The molecule has 2 unspecified atom stereocenters. The van der Waals surface area contributed by atoms with Gasteiger partial charge in [-0.05, 0) is 117 Å². The van der Waals surface area contributed by atoms with Gasteiger partial charge >= 0.3 is 24.1 Å². The zero-order valence-electron chi connectivity index (χ0n) is 37.8. The normalized spacial score (nSPS) is 19.7. The predicted molar refractivity (Wildman–Crippen MR) is 239 cm³/mol. The van der Waals surface area contributed by atoms with Crippen LogP contribution in [0.25, 0.3) is 0 Å².